The Morgan fingerprint density at radius 3 is 2.57 bits per heavy atom. The van der Waals surface area contributed by atoms with Crippen LogP contribution in [0.25, 0.3) is 22.2 Å². The standard InChI is InChI=1S/C24H27ClN2O3/c1-15(2)30-24(28)26-18-8-6-17(7-9-18)23-22(25)20-11-10-19(29-3)14-21(20)27(23)13-12-16-4-5-16/h6-11,14-16H,4-5,12-13H2,1-3H3,(H,26,28). The number of nitrogens with one attached hydrogen (secondary N) is 1. The molecule has 1 saturated carbocycles. The van der Waals surface area contributed by atoms with Crippen molar-refractivity contribution in [1.82, 2.24) is 4.57 Å². The monoisotopic (exact) mass is 426 g/mol. The van der Waals surface area contributed by atoms with Crippen LogP contribution in [-0.2, 0) is 11.3 Å². The van der Waals surface area contributed by atoms with E-state index in [0.717, 1.165) is 51.8 Å². The fraction of sp³-hybridized carbons (Fsp3) is 0.375. The van der Waals surface area contributed by atoms with E-state index in [2.05, 4.69) is 16.0 Å². The van der Waals surface area contributed by atoms with Crippen molar-refractivity contribution in [2.75, 3.05) is 12.4 Å². The molecule has 1 N–H and O–H groups in total. The molecule has 2 aromatic carbocycles. The Bertz CT molecular complexity index is 1050. The van der Waals surface area contributed by atoms with Gasteiger partial charge in [-0.25, -0.2) is 4.79 Å². The van der Waals surface area contributed by atoms with Crippen LogP contribution in [0.5, 0.6) is 5.75 Å². The van der Waals surface area contributed by atoms with Gasteiger partial charge in [-0.3, -0.25) is 5.32 Å². The fourth-order valence-corrected chi connectivity index (χ4v) is 4.09. The molecule has 0 aliphatic heterocycles. The van der Waals surface area contributed by atoms with Gasteiger partial charge in [0.15, 0.2) is 0 Å². The molecule has 4 rings (SSSR count). The molecule has 0 spiro atoms. The highest BCUT2D eigenvalue weighted by Gasteiger charge is 2.23. The van der Waals surface area contributed by atoms with Gasteiger partial charge in [0.1, 0.15) is 5.75 Å². The van der Waals surface area contributed by atoms with Crippen molar-refractivity contribution in [1.29, 1.82) is 0 Å². The molecule has 1 aliphatic carbocycles. The van der Waals surface area contributed by atoms with Crippen LogP contribution >= 0.6 is 11.6 Å². The second kappa shape index (κ2) is 8.60. The number of hydrogen-bond acceptors (Lipinski definition) is 3. The number of hydrogen-bond donors (Lipinski definition) is 1. The molecule has 1 fully saturated rings. The molecule has 158 valence electrons. The van der Waals surface area contributed by atoms with Crippen LogP contribution in [0.2, 0.25) is 5.02 Å². The SMILES string of the molecule is COc1ccc2c(Cl)c(-c3ccc(NC(=O)OC(C)C)cc3)n(CCC3CC3)c2c1. The first-order valence-corrected chi connectivity index (χ1v) is 10.8. The molecule has 3 aromatic rings. The molecule has 1 amide bonds. The maximum Gasteiger partial charge on any atom is 0.411 e. The van der Waals surface area contributed by atoms with Crippen LogP contribution in [0.3, 0.4) is 0 Å². The van der Waals surface area contributed by atoms with Gasteiger partial charge in [0.25, 0.3) is 0 Å². The minimum Gasteiger partial charge on any atom is -0.497 e. The summed E-state index contributed by atoms with van der Waals surface area (Å²) < 4.78 is 12.9. The third-order valence-electron chi connectivity index (χ3n) is 5.42. The molecule has 6 heteroatoms. The summed E-state index contributed by atoms with van der Waals surface area (Å²) in [7, 11) is 1.68. The third kappa shape index (κ3) is 4.41. The van der Waals surface area contributed by atoms with Gasteiger partial charge in [-0.05, 0) is 56.0 Å². The number of carbonyl (C=O) groups is 1. The van der Waals surface area contributed by atoms with Crippen molar-refractivity contribution < 1.29 is 14.3 Å². The zero-order valence-electron chi connectivity index (χ0n) is 17.6. The summed E-state index contributed by atoms with van der Waals surface area (Å²) in [5, 5.41) is 4.51. The summed E-state index contributed by atoms with van der Waals surface area (Å²) >= 11 is 6.85. The molecule has 0 atom stereocenters. The van der Waals surface area contributed by atoms with Crippen molar-refractivity contribution in [2.45, 2.75) is 45.8 Å². The number of benzene rings is 2. The van der Waals surface area contributed by atoms with Crippen LogP contribution < -0.4 is 10.1 Å². The topological polar surface area (TPSA) is 52.5 Å². The molecule has 0 radical (unpaired) electrons. The Hall–Kier alpha value is -2.66. The second-order valence-corrected chi connectivity index (χ2v) is 8.46. The van der Waals surface area contributed by atoms with Crippen molar-refractivity contribution in [3.8, 4) is 17.0 Å². The fourth-order valence-electron chi connectivity index (χ4n) is 3.72. The van der Waals surface area contributed by atoms with Crippen LogP contribution in [0, 0.1) is 5.92 Å². The van der Waals surface area contributed by atoms with Crippen molar-refractivity contribution in [3.05, 3.63) is 47.5 Å². The Morgan fingerprint density at radius 1 is 1.20 bits per heavy atom. The number of carbonyl (C=O) groups excluding carboxylic acids is 1. The number of aromatic nitrogens is 1. The highest BCUT2D eigenvalue weighted by atomic mass is 35.5. The minimum absolute atomic E-state index is 0.165. The predicted octanol–water partition coefficient (Wildman–Crippen LogP) is 6.73. The van der Waals surface area contributed by atoms with E-state index in [-0.39, 0.29) is 6.10 Å². The van der Waals surface area contributed by atoms with Gasteiger partial charge in [0.05, 0.1) is 29.4 Å². The number of amides is 1. The van der Waals surface area contributed by atoms with Crippen LogP contribution in [0.15, 0.2) is 42.5 Å². The summed E-state index contributed by atoms with van der Waals surface area (Å²) in [6.07, 6.45) is 3.16. The lowest BCUT2D eigenvalue weighted by molar-refractivity contribution is 0.130. The summed E-state index contributed by atoms with van der Waals surface area (Å²) in [5.41, 5.74) is 3.77. The zero-order valence-corrected chi connectivity index (χ0v) is 18.3. The predicted molar refractivity (Wildman–Crippen MR) is 122 cm³/mol. The first kappa shape index (κ1) is 20.6. The highest BCUT2D eigenvalue weighted by molar-refractivity contribution is 6.38. The maximum absolute atomic E-state index is 11.8. The minimum atomic E-state index is -0.457. The lowest BCUT2D eigenvalue weighted by Gasteiger charge is -2.13. The van der Waals surface area contributed by atoms with E-state index in [1.54, 1.807) is 7.11 Å². The van der Waals surface area contributed by atoms with E-state index >= 15 is 0 Å². The molecule has 1 aromatic heterocycles. The Morgan fingerprint density at radius 2 is 1.93 bits per heavy atom. The van der Waals surface area contributed by atoms with Gasteiger partial charge in [-0.2, -0.15) is 0 Å². The Balaban J connectivity index is 1.69. The molecule has 0 bridgehead atoms. The molecular weight excluding hydrogens is 400 g/mol. The van der Waals surface area contributed by atoms with Crippen LogP contribution in [0.4, 0.5) is 10.5 Å². The molecule has 1 heterocycles. The molecule has 30 heavy (non-hydrogen) atoms. The first-order chi connectivity index (χ1) is 14.5. The average Bonchev–Trinajstić information content (AvgIpc) is 3.50. The zero-order chi connectivity index (χ0) is 21.3. The van der Waals surface area contributed by atoms with Gasteiger partial charge in [-0.1, -0.05) is 36.6 Å². The Kier molecular flexibility index (Phi) is 5.91. The summed E-state index contributed by atoms with van der Waals surface area (Å²) in [6, 6.07) is 13.7. The summed E-state index contributed by atoms with van der Waals surface area (Å²) in [4.78, 5) is 11.8. The van der Waals surface area contributed by atoms with Crippen molar-refractivity contribution in [2.24, 2.45) is 5.92 Å². The molecule has 0 saturated heterocycles. The normalized spacial score (nSPS) is 13.6. The van der Waals surface area contributed by atoms with E-state index in [1.807, 2.05) is 50.2 Å². The first-order valence-electron chi connectivity index (χ1n) is 10.4. The number of halogens is 1. The van der Waals surface area contributed by atoms with Crippen molar-refractivity contribution >= 4 is 34.3 Å². The van der Waals surface area contributed by atoms with Gasteiger partial charge in [0, 0.05) is 23.7 Å². The van der Waals surface area contributed by atoms with Gasteiger partial charge in [0.2, 0.25) is 0 Å². The number of anilines is 1. The number of aryl methyl sites for hydroxylation is 1. The lowest BCUT2D eigenvalue weighted by atomic mass is 10.1. The largest absolute Gasteiger partial charge is 0.497 e. The van der Waals surface area contributed by atoms with Gasteiger partial charge >= 0.3 is 6.09 Å². The van der Waals surface area contributed by atoms with E-state index in [1.165, 1.54) is 12.8 Å². The van der Waals surface area contributed by atoms with Gasteiger partial charge in [-0.15, -0.1) is 0 Å². The van der Waals surface area contributed by atoms with Crippen LogP contribution in [0.1, 0.15) is 33.1 Å². The lowest BCUT2D eigenvalue weighted by Crippen LogP contribution is -2.17. The number of nitrogens with zero attached hydrogens (tertiary/aromatic N) is 1. The molecule has 5 nitrogen and oxygen atoms in total. The average molecular weight is 427 g/mol. The number of ether oxygens (including phenoxy) is 2. The van der Waals surface area contributed by atoms with Gasteiger partial charge < -0.3 is 14.0 Å². The Labute approximate surface area is 181 Å². The van der Waals surface area contributed by atoms with Crippen molar-refractivity contribution in [3.63, 3.8) is 0 Å². The molecular formula is C24H27ClN2O3. The second-order valence-electron chi connectivity index (χ2n) is 8.09. The molecule has 0 unspecified atom stereocenters. The smallest absolute Gasteiger partial charge is 0.411 e. The number of methoxy groups -OCH3 is 1. The highest BCUT2D eigenvalue weighted by Crippen LogP contribution is 2.41. The van der Waals surface area contributed by atoms with E-state index in [0.29, 0.717) is 5.69 Å². The van der Waals surface area contributed by atoms with E-state index in [9.17, 15) is 4.79 Å². The summed E-state index contributed by atoms with van der Waals surface area (Å²) in [5.74, 6) is 1.64. The summed E-state index contributed by atoms with van der Waals surface area (Å²) in [6.45, 7) is 4.55. The number of fused-ring (bicyclic) bond motifs is 1. The van der Waals surface area contributed by atoms with E-state index < -0.39 is 6.09 Å². The number of rotatable bonds is 7. The molecule has 1 aliphatic rings. The maximum atomic E-state index is 11.8. The van der Waals surface area contributed by atoms with Crippen LogP contribution in [-0.4, -0.2) is 23.9 Å². The van der Waals surface area contributed by atoms with E-state index in [4.69, 9.17) is 21.1 Å². The third-order valence-corrected chi connectivity index (χ3v) is 5.80. The quantitative estimate of drug-likeness (QED) is 0.455.